The summed E-state index contributed by atoms with van der Waals surface area (Å²) in [6.45, 7) is 4.14. The molecule has 0 saturated heterocycles. The Morgan fingerprint density at radius 3 is 2.33 bits per heavy atom. The first-order chi connectivity index (χ1) is 8.56. The molecule has 1 aromatic carbocycles. The SMILES string of the molecule is CCC1(CNCc2cc(Cl)c(N)c(Cl)c2)CCC1. The lowest BCUT2D eigenvalue weighted by Crippen LogP contribution is -2.39. The van der Waals surface area contributed by atoms with Crippen molar-refractivity contribution in [1.29, 1.82) is 0 Å². The zero-order valence-electron chi connectivity index (χ0n) is 10.7. The largest absolute Gasteiger partial charge is 0.396 e. The highest BCUT2D eigenvalue weighted by atomic mass is 35.5. The second-order valence-corrected chi connectivity index (χ2v) is 6.10. The molecule has 0 heterocycles. The third kappa shape index (κ3) is 2.93. The highest BCUT2D eigenvalue weighted by Crippen LogP contribution is 2.43. The second-order valence-electron chi connectivity index (χ2n) is 5.28. The Bertz CT molecular complexity index is 399. The standard InChI is InChI=1S/C14H20Cl2N2/c1-2-14(4-3-5-14)9-18-8-10-6-11(15)13(17)12(16)7-10/h6-7,18H,2-5,8-9,17H2,1H3. The van der Waals surface area contributed by atoms with E-state index < -0.39 is 0 Å². The van der Waals surface area contributed by atoms with Crippen LogP contribution < -0.4 is 11.1 Å². The molecule has 0 spiro atoms. The lowest BCUT2D eigenvalue weighted by molar-refractivity contribution is 0.124. The molecule has 1 fully saturated rings. The number of halogens is 2. The van der Waals surface area contributed by atoms with Gasteiger partial charge in [-0.1, -0.05) is 36.5 Å². The molecule has 100 valence electrons. The second kappa shape index (κ2) is 5.68. The van der Waals surface area contributed by atoms with E-state index in [0.717, 1.165) is 18.7 Å². The van der Waals surface area contributed by atoms with Gasteiger partial charge in [-0.25, -0.2) is 0 Å². The van der Waals surface area contributed by atoms with Crippen molar-refractivity contribution in [3.63, 3.8) is 0 Å². The maximum atomic E-state index is 6.02. The van der Waals surface area contributed by atoms with Crippen LogP contribution in [0.5, 0.6) is 0 Å². The van der Waals surface area contributed by atoms with Gasteiger partial charge in [0.05, 0.1) is 15.7 Å². The number of nitrogens with one attached hydrogen (secondary N) is 1. The molecular weight excluding hydrogens is 267 g/mol. The topological polar surface area (TPSA) is 38.0 Å². The predicted molar refractivity (Wildman–Crippen MR) is 79.2 cm³/mol. The lowest BCUT2D eigenvalue weighted by atomic mass is 9.67. The number of benzene rings is 1. The predicted octanol–water partition coefficient (Wildman–Crippen LogP) is 4.25. The Morgan fingerprint density at radius 2 is 1.89 bits per heavy atom. The number of nitrogens with two attached hydrogens (primary N) is 1. The molecule has 1 aliphatic rings. The van der Waals surface area contributed by atoms with Gasteiger partial charge >= 0.3 is 0 Å². The first kappa shape index (κ1) is 14.0. The smallest absolute Gasteiger partial charge is 0.0693 e. The van der Waals surface area contributed by atoms with E-state index in [1.54, 1.807) is 0 Å². The van der Waals surface area contributed by atoms with Crippen molar-refractivity contribution in [2.45, 2.75) is 39.2 Å². The van der Waals surface area contributed by atoms with E-state index in [4.69, 9.17) is 28.9 Å². The van der Waals surface area contributed by atoms with E-state index in [2.05, 4.69) is 12.2 Å². The molecule has 1 aromatic rings. The lowest BCUT2D eigenvalue weighted by Gasteiger charge is -2.41. The molecule has 0 unspecified atom stereocenters. The molecule has 0 aromatic heterocycles. The van der Waals surface area contributed by atoms with Gasteiger partial charge in [-0.05, 0) is 42.4 Å². The van der Waals surface area contributed by atoms with Crippen molar-refractivity contribution < 1.29 is 0 Å². The maximum Gasteiger partial charge on any atom is 0.0693 e. The summed E-state index contributed by atoms with van der Waals surface area (Å²) < 4.78 is 0. The van der Waals surface area contributed by atoms with Gasteiger partial charge in [0, 0.05) is 13.1 Å². The molecule has 0 amide bonds. The van der Waals surface area contributed by atoms with Gasteiger partial charge in [0.25, 0.3) is 0 Å². The number of anilines is 1. The Hall–Kier alpha value is -0.440. The van der Waals surface area contributed by atoms with Crippen LogP contribution in [0.3, 0.4) is 0 Å². The quantitative estimate of drug-likeness (QED) is 0.795. The average molecular weight is 287 g/mol. The van der Waals surface area contributed by atoms with Crippen molar-refractivity contribution >= 4 is 28.9 Å². The van der Waals surface area contributed by atoms with E-state index in [1.165, 1.54) is 25.7 Å². The van der Waals surface area contributed by atoms with Crippen LogP contribution in [-0.2, 0) is 6.54 Å². The van der Waals surface area contributed by atoms with E-state index in [9.17, 15) is 0 Å². The van der Waals surface area contributed by atoms with Crippen LogP contribution in [0.25, 0.3) is 0 Å². The molecule has 2 rings (SSSR count). The van der Waals surface area contributed by atoms with Crippen LogP contribution in [0.4, 0.5) is 5.69 Å². The number of hydrogen-bond donors (Lipinski definition) is 2. The molecule has 4 heteroatoms. The summed E-state index contributed by atoms with van der Waals surface area (Å²) in [5, 5.41) is 4.58. The zero-order chi connectivity index (χ0) is 13.2. The van der Waals surface area contributed by atoms with Crippen LogP contribution in [0, 0.1) is 5.41 Å². The Kier molecular flexibility index (Phi) is 4.41. The fraction of sp³-hybridized carbons (Fsp3) is 0.571. The van der Waals surface area contributed by atoms with Gasteiger partial charge in [0.1, 0.15) is 0 Å². The summed E-state index contributed by atoms with van der Waals surface area (Å²) in [4.78, 5) is 0. The molecule has 2 nitrogen and oxygen atoms in total. The van der Waals surface area contributed by atoms with E-state index >= 15 is 0 Å². The molecule has 0 atom stereocenters. The van der Waals surface area contributed by atoms with Crippen LogP contribution in [0.2, 0.25) is 10.0 Å². The molecule has 0 radical (unpaired) electrons. The van der Waals surface area contributed by atoms with Gasteiger partial charge in [-0.15, -0.1) is 0 Å². The number of rotatable bonds is 5. The Labute approximate surface area is 119 Å². The van der Waals surface area contributed by atoms with Gasteiger partial charge < -0.3 is 11.1 Å². The third-order valence-electron chi connectivity index (χ3n) is 4.13. The minimum absolute atomic E-state index is 0.464. The fourth-order valence-corrected chi connectivity index (χ4v) is 3.08. The molecular formula is C14H20Cl2N2. The van der Waals surface area contributed by atoms with Gasteiger partial charge in [0.2, 0.25) is 0 Å². The highest BCUT2D eigenvalue weighted by Gasteiger charge is 2.34. The Balaban J connectivity index is 1.90. The number of hydrogen-bond acceptors (Lipinski definition) is 2. The van der Waals surface area contributed by atoms with E-state index in [0.29, 0.717) is 21.1 Å². The average Bonchev–Trinajstić information content (AvgIpc) is 2.29. The molecule has 18 heavy (non-hydrogen) atoms. The van der Waals surface area contributed by atoms with Crippen molar-refractivity contribution in [2.75, 3.05) is 12.3 Å². The van der Waals surface area contributed by atoms with Crippen molar-refractivity contribution in [3.8, 4) is 0 Å². The van der Waals surface area contributed by atoms with Crippen molar-refractivity contribution in [2.24, 2.45) is 5.41 Å². The summed E-state index contributed by atoms with van der Waals surface area (Å²) in [7, 11) is 0. The van der Waals surface area contributed by atoms with Crippen molar-refractivity contribution in [3.05, 3.63) is 27.7 Å². The van der Waals surface area contributed by atoms with Gasteiger partial charge in [-0.2, -0.15) is 0 Å². The molecule has 0 aliphatic heterocycles. The number of nitrogen functional groups attached to an aromatic ring is 1. The summed E-state index contributed by atoms with van der Waals surface area (Å²) in [6.07, 6.45) is 5.32. The van der Waals surface area contributed by atoms with E-state index in [-0.39, 0.29) is 0 Å². The summed E-state index contributed by atoms with van der Waals surface area (Å²) >= 11 is 12.0. The van der Waals surface area contributed by atoms with Gasteiger partial charge in [0.15, 0.2) is 0 Å². The molecule has 1 saturated carbocycles. The summed E-state index contributed by atoms with van der Waals surface area (Å²) in [6, 6.07) is 3.77. The molecule has 0 bridgehead atoms. The summed E-state index contributed by atoms with van der Waals surface area (Å²) in [5.74, 6) is 0. The van der Waals surface area contributed by atoms with E-state index in [1.807, 2.05) is 12.1 Å². The van der Waals surface area contributed by atoms with Crippen LogP contribution >= 0.6 is 23.2 Å². The Morgan fingerprint density at radius 1 is 1.28 bits per heavy atom. The van der Waals surface area contributed by atoms with Crippen LogP contribution in [-0.4, -0.2) is 6.54 Å². The third-order valence-corrected chi connectivity index (χ3v) is 4.76. The zero-order valence-corrected chi connectivity index (χ0v) is 12.2. The molecule has 3 N–H and O–H groups in total. The first-order valence-electron chi connectivity index (χ1n) is 6.50. The van der Waals surface area contributed by atoms with Crippen LogP contribution in [0.15, 0.2) is 12.1 Å². The first-order valence-corrected chi connectivity index (χ1v) is 7.26. The van der Waals surface area contributed by atoms with Crippen molar-refractivity contribution in [1.82, 2.24) is 5.32 Å². The minimum atomic E-state index is 0.464. The normalized spacial score (nSPS) is 17.5. The molecule has 1 aliphatic carbocycles. The maximum absolute atomic E-state index is 6.02. The highest BCUT2D eigenvalue weighted by molar-refractivity contribution is 6.38. The summed E-state index contributed by atoms with van der Waals surface area (Å²) in [5.41, 5.74) is 7.80. The van der Waals surface area contributed by atoms with Crippen LogP contribution in [0.1, 0.15) is 38.2 Å². The fourth-order valence-electron chi connectivity index (χ4n) is 2.54. The minimum Gasteiger partial charge on any atom is -0.396 e. The monoisotopic (exact) mass is 286 g/mol. The van der Waals surface area contributed by atoms with Gasteiger partial charge in [-0.3, -0.25) is 0 Å².